The minimum absolute atomic E-state index is 0.0150. The quantitative estimate of drug-likeness (QED) is 0.309. The highest BCUT2D eigenvalue weighted by Gasteiger charge is 2.38. The largest absolute Gasteiger partial charge is 0.379 e. The van der Waals surface area contributed by atoms with Crippen molar-refractivity contribution in [3.05, 3.63) is 0 Å². The fourth-order valence-electron chi connectivity index (χ4n) is 3.45. The predicted molar refractivity (Wildman–Crippen MR) is 146 cm³/mol. The molecule has 0 aromatic rings. The first-order valence-corrected chi connectivity index (χ1v) is 12.9. The minimum atomic E-state index is -0.524. The zero-order chi connectivity index (χ0) is 26.6. The van der Waals surface area contributed by atoms with Crippen molar-refractivity contribution >= 4 is 18.5 Å². The summed E-state index contributed by atoms with van der Waals surface area (Å²) in [6.45, 7) is 32.3. The van der Waals surface area contributed by atoms with Gasteiger partial charge in [-0.3, -0.25) is 4.79 Å². The molecule has 0 aliphatic carbocycles. The van der Waals surface area contributed by atoms with E-state index in [2.05, 4.69) is 48.5 Å². The molecule has 0 bridgehead atoms. The molecule has 0 heterocycles. The summed E-state index contributed by atoms with van der Waals surface area (Å²) in [5.74, 6) is 0.133. The van der Waals surface area contributed by atoms with E-state index in [9.17, 15) is 4.79 Å². The van der Waals surface area contributed by atoms with E-state index in [0.29, 0.717) is 19.6 Å². The first-order valence-electron chi connectivity index (χ1n) is 12.4. The van der Waals surface area contributed by atoms with Crippen LogP contribution in [0.3, 0.4) is 0 Å². The molecule has 0 atom stereocenters. The third-order valence-corrected chi connectivity index (χ3v) is 5.01. The van der Waals surface area contributed by atoms with Gasteiger partial charge in [0.1, 0.15) is 0 Å². The van der Waals surface area contributed by atoms with Crippen molar-refractivity contribution in [3.63, 3.8) is 0 Å². The van der Waals surface area contributed by atoms with Crippen molar-refractivity contribution in [1.29, 1.82) is 0 Å². The van der Waals surface area contributed by atoms with E-state index in [1.165, 1.54) is 0 Å². The molecule has 0 radical (unpaired) electrons. The molecule has 196 valence electrons. The lowest BCUT2D eigenvalue weighted by atomic mass is 9.86. The number of hydrogen-bond acceptors (Lipinski definition) is 4. The van der Waals surface area contributed by atoms with Crippen LogP contribution in [0.15, 0.2) is 0 Å². The Balaban J connectivity index is -0.00000198. The molecule has 0 aliphatic rings. The molecule has 0 N–H and O–H groups in total. The van der Waals surface area contributed by atoms with Crippen molar-refractivity contribution in [2.45, 2.75) is 145 Å². The Labute approximate surface area is 208 Å². The van der Waals surface area contributed by atoms with Crippen LogP contribution in [-0.2, 0) is 14.3 Å². The topological polar surface area (TPSA) is 38.8 Å². The van der Waals surface area contributed by atoms with Gasteiger partial charge < -0.3 is 14.4 Å². The highest BCUT2D eigenvalue weighted by atomic mass is 32.1. The summed E-state index contributed by atoms with van der Waals surface area (Å²) in [7, 11) is 1.71. The zero-order valence-electron chi connectivity index (χ0n) is 24.7. The summed E-state index contributed by atoms with van der Waals surface area (Å²) in [4.78, 5) is 15.4. The van der Waals surface area contributed by atoms with E-state index in [1.807, 2.05) is 60.3 Å². The molecule has 1 amide bonds. The van der Waals surface area contributed by atoms with Gasteiger partial charge in [-0.25, -0.2) is 0 Å². The second kappa shape index (κ2) is 14.9. The third-order valence-electron chi connectivity index (χ3n) is 4.86. The van der Waals surface area contributed by atoms with Crippen LogP contribution < -0.4 is 0 Å². The van der Waals surface area contributed by atoms with Crippen molar-refractivity contribution in [2.24, 2.45) is 5.41 Å². The number of hydrogen-bond donors (Lipinski definition) is 1. The monoisotopic (exact) mass is 477 g/mol. The van der Waals surface area contributed by atoms with Crippen LogP contribution in [0.2, 0.25) is 0 Å². The maximum Gasteiger partial charge on any atom is 0.225 e. The number of carbonyl (C=O) groups is 1. The number of methoxy groups -OCH3 is 1. The van der Waals surface area contributed by atoms with Gasteiger partial charge in [-0.1, -0.05) is 62.3 Å². The molecule has 0 saturated heterocycles. The van der Waals surface area contributed by atoms with Crippen molar-refractivity contribution in [2.75, 3.05) is 20.3 Å². The molecule has 0 aromatic heterocycles. The molecule has 0 rings (SSSR count). The molecule has 0 aromatic carbocycles. The molecular weight excluding hydrogens is 418 g/mol. The first-order chi connectivity index (χ1) is 14.2. The number of ether oxygens (including phenoxy) is 2. The van der Waals surface area contributed by atoms with E-state index >= 15 is 0 Å². The number of amides is 1. The van der Waals surface area contributed by atoms with Crippen LogP contribution in [0.1, 0.15) is 123 Å². The van der Waals surface area contributed by atoms with Crippen molar-refractivity contribution in [1.82, 2.24) is 4.90 Å². The smallest absolute Gasteiger partial charge is 0.225 e. The minimum Gasteiger partial charge on any atom is -0.379 e. The Morgan fingerprint density at radius 3 is 1.59 bits per heavy atom. The second-order valence-electron chi connectivity index (χ2n) is 11.8. The standard InChI is InChI=1S/C23H47NO3S.2C2H6/c1-19(2,3)17-24(20(4,5)16-23(10,11)28)18(25)15-22(8,9)27-14-13-21(6,7)26-12;2*1-2/h28H,13-17H2,1-12H3;2*1-2H3. The molecule has 32 heavy (non-hydrogen) atoms. The summed E-state index contributed by atoms with van der Waals surface area (Å²) in [6, 6.07) is 0. The molecule has 0 saturated carbocycles. The van der Waals surface area contributed by atoms with Gasteiger partial charge in [0.15, 0.2) is 0 Å². The van der Waals surface area contributed by atoms with E-state index < -0.39 is 5.60 Å². The third kappa shape index (κ3) is 18.2. The molecule has 0 spiro atoms. The van der Waals surface area contributed by atoms with Crippen molar-refractivity contribution in [3.8, 4) is 0 Å². The van der Waals surface area contributed by atoms with E-state index in [1.54, 1.807) is 7.11 Å². The number of carbonyl (C=O) groups excluding carboxylic acids is 1. The Morgan fingerprint density at radius 1 is 0.812 bits per heavy atom. The van der Waals surface area contributed by atoms with Crippen LogP contribution in [0, 0.1) is 5.41 Å². The number of rotatable bonds is 11. The Morgan fingerprint density at radius 2 is 1.25 bits per heavy atom. The van der Waals surface area contributed by atoms with Crippen molar-refractivity contribution < 1.29 is 14.3 Å². The molecule has 0 aliphatic heterocycles. The SMILES string of the molecule is CC.CC.COC(C)(C)CCOC(C)(C)CC(=O)N(CC(C)(C)C)C(C)(C)CC(C)(C)S. The molecular formula is C27H59NO3S. The van der Waals surface area contributed by atoms with Crippen LogP contribution in [0.4, 0.5) is 0 Å². The maximum atomic E-state index is 13.4. The Kier molecular flexibility index (Phi) is 16.9. The van der Waals surface area contributed by atoms with Gasteiger partial charge in [0, 0.05) is 23.9 Å². The van der Waals surface area contributed by atoms with Gasteiger partial charge >= 0.3 is 0 Å². The highest BCUT2D eigenvalue weighted by molar-refractivity contribution is 7.81. The fourth-order valence-corrected chi connectivity index (χ4v) is 3.84. The second-order valence-corrected chi connectivity index (χ2v) is 13.1. The summed E-state index contributed by atoms with van der Waals surface area (Å²) in [5, 5.41) is 0. The van der Waals surface area contributed by atoms with Gasteiger partial charge in [-0.15, -0.1) is 0 Å². The average molecular weight is 478 g/mol. The number of thiol groups is 1. The van der Waals surface area contributed by atoms with Crippen LogP contribution in [0.5, 0.6) is 0 Å². The molecule has 4 nitrogen and oxygen atoms in total. The van der Waals surface area contributed by atoms with Gasteiger partial charge in [0.25, 0.3) is 0 Å². The van der Waals surface area contributed by atoms with E-state index in [0.717, 1.165) is 12.8 Å². The lowest BCUT2D eigenvalue weighted by Gasteiger charge is -2.46. The summed E-state index contributed by atoms with van der Waals surface area (Å²) < 4.78 is 11.4. The van der Waals surface area contributed by atoms with E-state index in [4.69, 9.17) is 22.1 Å². The van der Waals surface area contributed by atoms with Gasteiger partial charge in [0.05, 0.1) is 24.2 Å². The fraction of sp³-hybridized carbons (Fsp3) is 0.963. The molecule has 5 heteroatoms. The van der Waals surface area contributed by atoms with Gasteiger partial charge in [0.2, 0.25) is 5.91 Å². The highest BCUT2D eigenvalue weighted by Crippen LogP contribution is 2.33. The lowest BCUT2D eigenvalue weighted by molar-refractivity contribution is -0.146. The normalized spacial score (nSPS) is 12.9. The average Bonchev–Trinajstić information content (AvgIpc) is 2.59. The molecule has 0 fully saturated rings. The van der Waals surface area contributed by atoms with Crippen LogP contribution >= 0.6 is 12.6 Å². The summed E-state index contributed by atoms with van der Waals surface area (Å²) in [6.07, 6.45) is 1.95. The first kappa shape index (κ1) is 36.3. The zero-order valence-corrected chi connectivity index (χ0v) is 25.5. The number of nitrogens with zero attached hydrogens (tertiary/aromatic N) is 1. The lowest BCUT2D eigenvalue weighted by Crippen LogP contribution is -2.54. The maximum absolute atomic E-state index is 13.4. The summed E-state index contributed by atoms with van der Waals surface area (Å²) >= 11 is 4.72. The Bertz CT molecular complexity index is 500. The molecule has 0 unspecified atom stereocenters. The van der Waals surface area contributed by atoms with Crippen LogP contribution in [-0.4, -0.2) is 52.6 Å². The van der Waals surface area contributed by atoms with Gasteiger partial charge in [-0.2, -0.15) is 12.6 Å². The van der Waals surface area contributed by atoms with Gasteiger partial charge in [-0.05, 0) is 59.8 Å². The summed E-state index contributed by atoms with van der Waals surface area (Å²) in [5.41, 5.74) is -1.02. The van der Waals surface area contributed by atoms with E-state index in [-0.39, 0.29) is 27.2 Å². The Hall–Kier alpha value is -0.260. The predicted octanol–water partition coefficient (Wildman–Crippen LogP) is 7.79. The van der Waals surface area contributed by atoms with Crippen LogP contribution in [0.25, 0.3) is 0 Å².